The number of halogens is 3. The van der Waals surface area contributed by atoms with Crippen LogP contribution in [0.2, 0.25) is 10.0 Å². The highest BCUT2D eigenvalue weighted by Gasteiger charge is 2.08. The molecule has 2 aromatic rings. The minimum Gasteiger partial charge on any atom is -0.437 e. The fourth-order valence-corrected chi connectivity index (χ4v) is 2.09. The molecule has 2 rings (SSSR count). The summed E-state index contributed by atoms with van der Waals surface area (Å²) in [7, 11) is 0. The minimum atomic E-state index is -0.0574. The Morgan fingerprint density at radius 3 is 2.61 bits per heavy atom. The molecule has 94 valence electrons. The fraction of sp³-hybridized carbons (Fsp3) is 0.0833. The van der Waals surface area contributed by atoms with Crippen molar-refractivity contribution in [2.75, 3.05) is 0 Å². The topological polar surface area (TPSA) is 42.4 Å². The van der Waals surface area contributed by atoms with Crippen molar-refractivity contribution in [1.29, 1.82) is 0 Å². The minimum absolute atomic E-state index is 0.0574. The van der Waals surface area contributed by atoms with Crippen LogP contribution in [0, 0.1) is 0 Å². The van der Waals surface area contributed by atoms with Crippen molar-refractivity contribution >= 4 is 39.1 Å². The first kappa shape index (κ1) is 13.6. The first-order valence-corrected chi connectivity index (χ1v) is 6.53. The van der Waals surface area contributed by atoms with Gasteiger partial charge in [-0.3, -0.25) is 0 Å². The zero-order valence-electron chi connectivity index (χ0n) is 9.03. The summed E-state index contributed by atoms with van der Waals surface area (Å²) in [6.07, 6.45) is 1.53. The molecule has 0 amide bonds. The molecule has 1 heterocycles. The van der Waals surface area contributed by atoms with E-state index in [2.05, 4.69) is 20.9 Å². The van der Waals surface area contributed by atoms with E-state index in [1.807, 2.05) is 0 Å². The SMILES string of the molecule is OCc1ccc(Oc2cc(Cl)c(Br)cc2Cl)nc1. The Kier molecular flexibility index (Phi) is 4.45. The Morgan fingerprint density at radius 2 is 2.00 bits per heavy atom. The normalized spacial score (nSPS) is 10.4. The first-order valence-electron chi connectivity index (χ1n) is 4.98. The van der Waals surface area contributed by atoms with Gasteiger partial charge in [0.25, 0.3) is 0 Å². The first-order chi connectivity index (χ1) is 8.60. The van der Waals surface area contributed by atoms with E-state index in [1.165, 1.54) is 6.20 Å². The molecule has 0 unspecified atom stereocenters. The van der Waals surface area contributed by atoms with Gasteiger partial charge in [-0.2, -0.15) is 0 Å². The van der Waals surface area contributed by atoms with Gasteiger partial charge in [-0.1, -0.05) is 23.2 Å². The maximum absolute atomic E-state index is 8.90. The molecular weight excluding hydrogens is 341 g/mol. The summed E-state index contributed by atoms with van der Waals surface area (Å²) in [4.78, 5) is 4.04. The van der Waals surface area contributed by atoms with Crippen molar-refractivity contribution in [2.45, 2.75) is 6.61 Å². The number of ether oxygens (including phenoxy) is 1. The quantitative estimate of drug-likeness (QED) is 0.834. The van der Waals surface area contributed by atoms with Crippen LogP contribution in [-0.2, 0) is 6.61 Å². The van der Waals surface area contributed by atoms with E-state index in [4.69, 9.17) is 33.0 Å². The maximum Gasteiger partial charge on any atom is 0.219 e. The van der Waals surface area contributed by atoms with Gasteiger partial charge in [0.05, 0.1) is 16.7 Å². The van der Waals surface area contributed by atoms with Gasteiger partial charge < -0.3 is 9.84 Å². The van der Waals surface area contributed by atoms with Crippen molar-refractivity contribution in [2.24, 2.45) is 0 Å². The van der Waals surface area contributed by atoms with Gasteiger partial charge in [0.2, 0.25) is 5.88 Å². The van der Waals surface area contributed by atoms with Crippen LogP contribution in [0.1, 0.15) is 5.56 Å². The van der Waals surface area contributed by atoms with Gasteiger partial charge in [-0.15, -0.1) is 0 Å². The lowest BCUT2D eigenvalue weighted by Crippen LogP contribution is -1.91. The van der Waals surface area contributed by atoms with Gasteiger partial charge in [0.15, 0.2) is 0 Å². The van der Waals surface area contributed by atoms with Crippen molar-refractivity contribution in [3.8, 4) is 11.6 Å². The third-order valence-electron chi connectivity index (χ3n) is 2.17. The predicted octanol–water partition coefficient (Wildman–Crippen LogP) is 4.44. The van der Waals surface area contributed by atoms with E-state index in [1.54, 1.807) is 24.3 Å². The second-order valence-corrected chi connectivity index (χ2v) is 5.13. The molecule has 0 radical (unpaired) electrons. The Hall–Kier alpha value is -0.810. The smallest absolute Gasteiger partial charge is 0.219 e. The molecule has 0 saturated carbocycles. The molecule has 3 nitrogen and oxygen atoms in total. The second kappa shape index (κ2) is 5.89. The molecule has 1 aromatic heterocycles. The number of benzene rings is 1. The zero-order chi connectivity index (χ0) is 13.1. The molecule has 0 spiro atoms. The highest BCUT2D eigenvalue weighted by Crippen LogP contribution is 2.35. The monoisotopic (exact) mass is 347 g/mol. The summed E-state index contributed by atoms with van der Waals surface area (Å²) in [5.74, 6) is 0.807. The van der Waals surface area contributed by atoms with Crippen molar-refractivity contribution in [3.05, 3.63) is 50.5 Å². The van der Waals surface area contributed by atoms with Crippen LogP contribution in [0.4, 0.5) is 0 Å². The Morgan fingerprint density at radius 1 is 1.22 bits per heavy atom. The van der Waals surface area contributed by atoms with Gasteiger partial charge in [0, 0.05) is 22.8 Å². The molecule has 0 bridgehead atoms. The van der Waals surface area contributed by atoms with Gasteiger partial charge >= 0.3 is 0 Å². The van der Waals surface area contributed by atoms with Crippen molar-refractivity contribution in [3.63, 3.8) is 0 Å². The van der Waals surface area contributed by atoms with Gasteiger partial charge in [-0.05, 0) is 33.6 Å². The molecule has 1 aromatic carbocycles. The van der Waals surface area contributed by atoms with Crippen LogP contribution < -0.4 is 4.74 Å². The van der Waals surface area contributed by atoms with E-state index in [-0.39, 0.29) is 6.61 Å². The Balaban J connectivity index is 2.25. The summed E-state index contributed by atoms with van der Waals surface area (Å²) in [6.45, 7) is -0.0574. The number of aliphatic hydroxyl groups is 1. The lowest BCUT2D eigenvalue weighted by molar-refractivity contribution is 0.281. The standard InChI is InChI=1S/C12H8BrCl2NO2/c13-8-3-10(15)11(4-9(8)14)18-12-2-1-7(6-17)5-16-12/h1-5,17H,6H2. The summed E-state index contributed by atoms with van der Waals surface area (Å²) in [6, 6.07) is 6.63. The number of hydrogen-bond donors (Lipinski definition) is 1. The Labute approximate surface area is 122 Å². The van der Waals surface area contributed by atoms with Crippen LogP contribution in [0.3, 0.4) is 0 Å². The second-order valence-electron chi connectivity index (χ2n) is 3.46. The van der Waals surface area contributed by atoms with Crippen LogP contribution in [0.15, 0.2) is 34.9 Å². The zero-order valence-corrected chi connectivity index (χ0v) is 12.1. The number of aromatic nitrogens is 1. The van der Waals surface area contributed by atoms with E-state index in [0.29, 0.717) is 31.7 Å². The molecule has 1 N–H and O–H groups in total. The number of pyridine rings is 1. The summed E-state index contributed by atoms with van der Waals surface area (Å²) in [5, 5.41) is 9.84. The van der Waals surface area contributed by atoms with Crippen LogP contribution in [0.25, 0.3) is 0 Å². The molecule has 0 aliphatic carbocycles. The number of rotatable bonds is 3. The summed E-state index contributed by atoms with van der Waals surface area (Å²) < 4.78 is 6.21. The maximum atomic E-state index is 8.90. The highest BCUT2D eigenvalue weighted by molar-refractivity contribution is 9.10. The third-order valence-corrected chi connectivity index (χ3v) is 3.66. The van der Waals surface area contributed by atoms with Crippen LogP contribution >= 0.6 is 39.1 Å². The van der Waals surface area contributed by atoms with Crippen molar-refractivity contribution < 1.29 is 9.84 Å². The van der Waals surface area contributed by atoms with E-state index in [9.17, 15) is 0 Å². The molecule has 0 aliphatic rings. The molecule has 18 heavy (non-hydrogen) atoms. The molecule has 6 heteroatoms. The average Bonchev–Trinajstić information content (AvgIpc) is 2.37. The van der Waals surface area contributed by atoms with Crippen molar-refractivity contribution in [1.82, 2.24) is 4.98 Å². The van der Waals surface area contributed by atoms with E-state index < -0.39 is 0 Å². The molecule has 0 fully saturated rings. The Bertz CT molecular complexity index is 561. The molecule has 0 aliphatic heterocycles. The van der Waals surface area contributed by atoms with E-state index >= 15 is 0 Å². The predicted molar refractivity (Wildman–Crippen MR) is 74.4 cm³/mol. The summed E-state index contributed by atoms with van der Waals surface area (Å²) in [5.41, 5.74) is 0.710. The lowest BCUT2D eigenvalue weighted by atomic mass is 10.3. The van der Waals surface area contributed by atoms with Crippen LogP contribution in [-0.4, -0.2) is 10.1 Å². The van der Waals surface area contributed by atoms with Gasteiger partial charge in [0.1, 0.15) is 5.75 Å². The molecular formula is C12H8BrCl2NO2. The fourth-order valence-electron chi connectivity index (χ4n) is 1.26. The lowest BCUT2D eigenvalue weighted by Gasteiger charge is -2.08. The molecule has 0 atom stereocenters. The third kappa shape index (κ3) is 3.14. The number of hydrogen-bond acceptors (Lipinski definition) is 3. The molecule has 0 saturated heterocycles. The summed E-state index contributed by atoms with van der Waals surface area (Å²) >= 11 is 15.3. The largest absolute Gasteiger partial charge is 0.437 e. The van der Waals surface area contributed by atoms with Gasteiger partial charge in [-0.25, -0.2) is 4.98 Å². The van der Waals surface area contributed by atoms with E-state index in [0.717, 1.165) is 0 Å². The van der Waals surface area contributed by atoms with Crippen LogP contribution in [0.5, 0.6) is 11.6 Å². The average molecular weight is 349 g/mol. The number of aliphatic hydroxyl groups excluding tert-OH is 1. The number of nitrogens with zero attached hydrogens (tertiary/aromatic N) is 1. The highest BCUT2D eigenvalue weighted by atomic mass is 79.9.